The monoisotopic (exact) mass is 296 g/mol. The van der Waals surface area contributed by atoms with E-state index in [1.54, 1.807) is 6.07 Å². The van der Waals surface area contributed by atoms with E-state index in [9.17, 15) is 8.42 Å². The third-order valence-electron chi connectivity index (χ3n) is 2.61. The van der Waals surface area contributed by atoms with Crippen LogP contribution in [0.25, 0.3) is 0 Å². The highest BCUT2D eigenvalue weighted by Crippen LogP contribution is 2.23. The molecule has 0 radical (unpaired) electrons. The van der Waals surface area contributed by atoms with Crippen molar-refractivity contribution >= 4 is 15.7 Å². The third-order valence-corrected chi connectivity index (χ3v) is 3.99. The Morgan fingerprint density at radius 2 is 2.25 bits per heavy atom. The fourth-order valence-corrected chi connectivity index (χ4v) is 2.78. The van der Waals surface area contributed by atoms with Crippen molar-refractivity contribution in [2.24, 2.45) is 5.73 Å². The predicted octanol–water partition coefficient (Wildman–Crippen LogP) is 1.07. The van der Waals surface area contributed by atoms with Gasteiger partial charge in [-0.1, -0.05) is 0 Å². The van der Waals surface area contributed by atoms with Crippen molar-refractivity contribution in [2.45, 2.75) is 18.4 Å². The zero-order valence-electron chi connectivity index (χ0n) is 11.0. The number of benzene rings is 1. The highest BCUT2D eigenvalue weighted by atomic mass is 32.2. The molecule has 0 aliphatic heterocycles. The van der Waals surface area contributed by atoms with Crippen molar-refractivity contribution in [3.8, 4) is 5.75 Å². The number of ether oxygens (including phenoxy) is 1. The summed E-state index contributed by atoms with van der Waals surface area (Å²) in [7, 11) is -3.67. The van der Waals surface area contributed by atoms with Gasteiger partial charge in [0.2, 0.25) is 0 Å². The first kappa shape index (κ1) is 14.4. The van der Waals surface area contributed by atoms with E-state index < -0.39 is 10.0 Å². The molecule has 0 spiro atoms. The van der Waals surface area contributed by atoms with E-state index in [0.29, 0.717) is 23.6 Å². The highest BCUT2D eigenvalue weighted by molar-refractivity contribution is 7.92. The largest absolute Gasteiger partial charge is 0.494 e. The van der Waals surface area contributed by atoms with Crippen LogP contribution < -0.4 is 15.2 Å². The van der Waals surface area contributed by atoms with Crippen LogP contribution in [0.3, 0.4) is 0 Å². The van der Waals surface area contributed by atoms with Crippen LogP contribution >= 0.6 is 0 Å². The maximum atomic E-state index is 12.2. The van der Waals surface area contributed by atoms with Crippen LogP contribution in [0.15, 0.2) is 35.5 Å². The molecule has 0 aliphatic carbocycles. The Bertz CT molecular complexity index is 668. The van der Waals surface area contributed by atoms with Gasteiger partial charge in [0.1, 0.15) is 5.75 Å². The molecule has 2 rings (SSSR count). The van der Waals surface area contributed by atoms with Gasteiger partial charge in [-0.25, -0.2) is 8.42 Å². The zero-order valence-corrected chi connectivity index (χ0v) is 11.8. The second-order valence-electron chi connectivity index (χ2n) is 4.00. The molecule has 0 amide bonds. The number of nitrogens with two attached hydrogens (primary N) is 1. The fourth-order valence-electron chi connectivity index (χ4n) is 1.70. The summed E-state index contributed by atoms with van der Waals surface area (Å²) in [5.74, 6) is 0.595. The molecule has 0 unspecified atom stereocenters. The van der Waals surface area contributed by atoms with Gasteiger partial charge in [-0.05, 0) is 25.1 Å². The number of sulfonamides is 1. The van der Waals surface area contributed by atoms with Crippen LogP contribution in [0.5, 0.6) is 5.75 Å². The first-order valence-corrected chi connectivity index (χ1v) is 7.52. The quantitative estimate of drug-likeness (QED) is 0.738. The molecule has 7 nitrogen and oxygen atoms in total. The summed E-state index contributed by atoms with van der Waals surface area (Å²) in [6.45, 7) is 2.54. The molecule has 108 valence electrons. The molecular formula is C12H16N4O3S. The van der Waals surface area contributed by atoms with Crippen molar-refractivity contribution in [1.29, 1.82) is 0 Å². The normalized spacial score (nSPS) is 11.3. The molecular weight excluding hydrogens is 280 g/mol. The van der Waals surface area contributed by atoms with Crippen LogP contribution in [0.4, 0.5) is 5.69 Å². The van der Waals surface area contributed by atoms with E-state index in [2.05, 4.69) is 14.9 Å². The number of aromatic amines is 1. The number of H-pyrrole nitrogens is 1. The molecule has 0 saturated carbocycles. The maximum Gasteiger partial charge on any atom is 0.262 e. The van der Waals surface area contributed by atoms with Gasteiger partial charge in [0.05, 0.1) is 23.4 Å². The number of hydrogen-bond donors (Lipinski definition) is 3. The van der Waals surface area contributed by atoms with E-state index in [1.165, 1.54) is 24.5 Å². The smallest absolute Gasteiger partial charge is 0.262 e. The van der Waals surface area contributed by atoms with E-state index in [-0.39, 0.29) is 11.4 Å². The first-order valence-electron chi connectivity index (χ1n) is 6.04. The van der Waals surface area contributed by atoms with Crippen LogP contribution in [0.1, 0.15) is 12.5 Å². The van der Waals surface area contributed by atoms with Gasteiger partial charge in [0.15, 0.2) is 0 Å². The SMILES string of the molecule is CCOc1ccc(S(=O)(=O)Nc2cn[nH]c2)cc1CN. The molecule has 4 N–H and O–H groups in total. The molecule has 1 heterocycles. The van der Waals surface area contributed by atoms with E-state index in [1.807, 2.05) is 6.92 Å². The molecule has 0 fully saturated rings. The van der Waals surface area contributed by atoms with E-state index >= 15 is 0 Å². The summed E-state index contributed by atoms with van der Waals surface area (Å²) in [4.78, 5) is 0.127. The number of nitrogens with zero attached hydrogens (tertiary/aromatic N) is 1. The minimum Gasteiger partial charge on any atom is -0.494 e. The lowest BCUT2D eigenvalue weighted by Crippen LogP contribution is -2.13. The summed E-state index contributed by atoms with van der Waals surface area (Å²) in [6.07, 6.45) is 2.84. The van der Waals surface area contributed by atoms with E-state index in [4.69, 9.17) is 10.5 Å². The standard InChI is InChI=1S/C12H16N4O3S/c1-2-19-12-4-3-11(5-9(12)6-13)20(17,18)16-10-7-14-15-8-10/h3-5,7-8,16H,2,6,13H2,1H3,(H,14,15). The molecule has 1 aromatic carbocycles. The summed E-state index contributed by atoms with van der Waals surface area (Å²) in [6, 6.07) is 4.59. The molecule has 0 saturated heterocycles. The van der Waals surface area contributed by atoms with Crippen molar-refractivity contribution in [1.82, 2.24) is 10.2 Å². The number of rotatable bonds is 6. The average Bonchev–Trinajstić information content (AvgIpc) is 2.91. The Labute approximate surface area is 117 Å². The second-order valence-corrected chi connectivity index (χ2v) is 5.68. The van der Waals surface area contributed by atoms with Crippen LogP contribution in [-0.2, 0) is 16.6 Å². The molecule has 0 aliphatic rings. The highest BCUT2D eigenvalue weighted by Gasteiger charge is 2.16. The molecule has 8 heteroatoms. The molecule has 2 aromatic rings. The number of hydrogen-bond acceptors (Lipinski definition) is 5. The Kier molecular flexibility index (Phi) is 4.26. The molecule has 20 heavy (non-hydrogen) atoms. The van der Waals surface area contributed by atoms with Crippen molar-refractivity contribution in [3.63, 3.8) is 0 Å². The summed E-state index contributed by atoms with van der Waals surface area (Å²) < 4.78 is 32.2. The van der Waals surface area contributed by atoms with Gasteiger partial charge < -0.3 is 10.5 Å². The lowest BCUT2D eigenvalue weighted by molar-refractivity contribution is 0.336. The fraction of sp³-hybridized carbons (Fsp3) is 0.250. The Morgan fingerprint density at radius 3 is 2.85 bits per heavy atom. The number of aromatic nitrogens is 2. The number of nitrogens with one attached hydrogen (secondary N) is 2. The van der Waals surface area contributed by atoms with Crippen LogP contribution in [0, 0.1) is 0 Å². The lowest BCUT2D eigenvalue weighted by atomic mass is 10.2. The van der Waals surface area contributed by atoms with Crippen LogP contribution in [0.2, 0.25) is 0 Å². The predicted molar refractivity (Wildman–Crippen MR) is 74.9 cm³/mol. The molecule has 1 aromatic heterocycles. The van der Waals surface area contributed by atoms with Crippen molar-refractivity contribution in [2.75, 3.05) is 11.3 Å². The van der Waals surface area contributed by atoms with Crippen molar-refractivity contribution in [3.05, 3.63) is 36.2 Å². The lowest BCUT2D eigenvalue weighted by Gasteiger charge is -2.11. The number of anilines is 1. The first-order chi connectivity index (χ1) is 9.56. The van der Waals surface area contributed by atoms with Gasteiger partial charge in [-0.2, -0.15) is 5.10 Å². The Hall–Kier alpha value is -2.06. The topological polar surface area (TPSA) is 110 Å². The average molecular weight is 296 g/mol. The Balaban J connectivity index is 2.32. The Morgan fingerprint density at radius 1 is 1.45 bits per heavy atom. The second kappa shape index (κ2) is 5.93. The minimum atomic E-state index is -3.67. The summed E-state index contributed by atoms with van der Waals surface area (Å²) >= 11 is 0. The summed E-state index contributed by atoms with van der Waals surface area (Å²) in [5.41, 5.74) is 6.63. The minimum absolute atomic E-state index is 0.127. The van der Waals surface area contributed by atoms with E-state index in [0.717, 1.165) is 0 Å². The van der Waals surface area contributed by atoms with Gasteiger partial charge in [-0.15, -0.1) is 0 Å². The van der Waals surface area contributed by atoms with Gasteiger partial charge in [-0.3, -0.25) is 9.82 Å². The van der Waals surface area contributed by atoms with Gasteiger partial charge in [0, 0.05) is 18.3 Å². The molecule has 0 bridgehead atoms. The summed E-state index contributed by atoms with van der Waals surface area (Å²) in [5, 5.41) is 6.22. The zero-order chi connectivity index (χ0) is 14.6. The van der Waals surface area contributed by atoms with Gasteiger partial charge in [0.25, 0.3) is 10.0 Å². The van der Waals surface area contributed by atoms with Crippen molar-refractivity contribution < 1.29 is 13.2 Å². The molecule has 0 atom stereocenters. The maximum absolute atomic E-state index is 12.2. The van der Waals surface area contributed by atoms with Crippen LogP contribution in [-0.4, -0.2) is 25.2 Å². The third kappa shape index (κ3) is 3.09. The van der Waals surface area contributed by atoms with Gasteiger partial charge >= 0.3 is 0 Å².